The van der Waals surface area contributed by atoms with Crippen molar-refractivity contribution in [3.8, 4) is 0 Å². The van der Waals surface area contributed by atoms with E-state index in [1.807, 2.05) is 0 Å². The Hall–Kier alpha value is -1.63. The van der Waals surface area contributed by atoms with Crippen molar-refractivity contribution < 1.29 is 9.47 Å². The molecule has 1 aliphatic rings. The largest absolute Gasteiger partial charge is 0.382 e. The van der Waals surface area contributed by atoms with Gasteiger partial charge in [0.05, 0.1) is 13.2 Å². The summed E-state index contributed by atoms with van der Waals surface area (Å²) in [5.74, 6) is 0.927. The van der Waals surface area contributed by atoms with Gasteiger partial charge in [-0.15, -0.1) is 0 Å². The minimum absolute atomic E-state index is 0.493. The molecule has 0 spiro atoms. The van der Waals surface area contributed by atoms with Crippen LogP contribution in [0.3, 0.4) is 0 Å². The molecule has 1 aromatic carbocycles. The van der Waals surface area contributed by atoms with E-state index in [0.29, 0.717) is 19.3 Å². The number of ether oxygens (including phenoxy) is 2. The molecule has 1 heterocycles. The topological polar surface area (TPSA) is 58.1 Å². The number of methoxy groups -OCH3 is 1. The summed E-state index contributed by atoms with van der Waals surface area (Å²) in [6.07, 6.45) is 3.23. The van der Waals surface area contributed by atoms with Gasteiger partial charge >= 0.3 is 0 Å². The standard InChI is InChI=1S/C21H36N4O2/c1-3-22-21(23-12-7-15-27-17-16-26-2)24-20-10-13-25(14-11-20)18-19-8-5-4-6-9-19/h4-6,8-9,20H,3,7,10-18H2,1-2H3,(H2,22,23,24). The number of piperidine rings is 1. The summed E-state index contributed by atoms with van der Waals surface area (Å²) < 4.78 is 10.5. The van der Waals surface area contributed by atoms with Crippen LogP contribution < -0.4 is 10.6 Å². The van der Waals surface area contributed by atoms with Gasteiger partial charge in [0.2, 0.25) is 0 Å². The lowest BCUT2D eigenvalue weighted by Gasteiger charge is -2.33. The second kappa shape index (κ2) is 13.5. The molecule has 0 radical (unpaired) electrons. The van der Waals surface area contributed by atoms with Crippen LogP contribution in [0.2, 0.25) is 0 Å². The van der Waals surface area contributed by atoms with Crippen LogP contribution in [0.1, 0.15) is 31.7 Å². The maximum atomic E-state index is 5.49. The van der Waals surface area contributed by atoms with Crippen molar-refractivity contribution >= 4 is 5.96 Å². The van der Waals surface area contributed by atoms with Crippen molar-refractivity contribution in [1.29, 1.82) is 0 Å². The van der Waals surface area contributed by atoms with Crippen LogP contribution in [0, 0.1) is 0 Å². The molecule has 2 rings (SSSR count). The highest BCUT2D eigenvalue weighted by Crippen LogP contribution is 2.13. The Bertz CT molecular complexity index is 516. The van der Waals surface area contributed by atoms with E-state index in [2.05, 4.69) is 57.8 Å². The molecule has 1 aliphatic heterocycles. The van der Waals surface area contributed by atoms with Crippen LogP contribution in [-0.4, -0.2) is 70.0 Å². The third-order valence-electron chi connectivity index (χ3n) is 4.67. The number of guanidine groups is 1. The summed E-state index contributed by atoms with van der Waals surface area (Å²) in [7, 11) is 1.69. The first-order chi connectivity index (χ1) is 13.3. The van der Waals surface area contributed by atoms with Crippen molar-refractivity contribution in [2.24, 2.45) is 4.99 Å². The van der Waals surface area contributed by atoms with Crippen LogP contribution in [-0.2, 0) is 16.0 Å². The van der Waals surface area contributed by atoms with Gasteiger partial charge in [0.1, 0.15) is 0 Å². The zero-order valence-electron chi connectivity index (χ0n) is 17.0. The maximum absolute atomic E-state index is 5.49. The van der Waals surface area contributed by atoms with Gasteiger partial charge in [-0.3, -0.25) is 9.89 Å². The van der Waals surface area contributed by atoms with E-state index >= 15 is 0 Å². The lowest BCUT2D eigenvalue weighted by Crippen LogP contribution is -2.48. The zero-order valence-corrected chi connectivity index (χ0v) is 17.0. The summed E-state index contributed by atoms with van der Waals surface area (Å²) in [6, 6.07) is 11.2. The number of nitrogens with one attached hydrogen (secondary N) is 2. The van der Waals surface area contributed by atoms with Crippen LogP contribution in [0.25, 0.3) is 0 Å². The Morgan fingerprint density at radius 1 is 1.15 bits per heavy atom. The molecule has 0 aliphatic carbocycles. The number of nitrogens with zero attached hydrogens (tertiary/aromatic N) is 2. The first kappa shape index (κ1) is 21.7. The molecule has 0 unspecified atom stereocenters. The molecule has 1 aromatic rings. The minimum Gasteiger partial charge on any atom is -0.382 e. The van der Waals surface area contributed by atoms with Gasteiger partial charge in [-0.25, -0.2) is 0 Å². The van der Waals surface area contributed by atoms with E-state index in [1.54, 1.807) is 7.11 Å². The van der Waals surface area contributed by atoms with Crippen molar-refractivity contribution in [1.82, 2.24) is 15.5 Å². The molecule has 152 valence electrons. The van der Waals surface area contributed by atoms with Gasteiger partial charge < -0.3 is 20.1 Å². The Morgan fingerprint density at radius 3 is 2.63 bits per heavy atom. The molecule has 0 amide bonds. The number of hydrogen-bond acceptors (Lipinski definition) is 4. The average Bonchev–Trinajstić information content (AvgIpc) is 2.69. The van der Waals surface area contributed by atoms with Crippen LogP contribution in [0.4, 0.5) is 0 Å². The Kier molecular flexibility index (Phi) is 10.9. The quantitative estimate of drug-likeness (QED) is 0.352. The number of likely N-dealkylation sites (tertiary alicyclic amines) is 1. The molecule has 1 fully saturated rings. The lowest BCUT2D eigenvalue weighted by atomic mass is 10.0. The second-order valence-corrected chi connectivity index (χ2v) is 6.90. The molecule has 6 nitrogen and oxygen atoms in total. The van der Waals surface area contributed by atoms with Crippen LogP contribution in [0.5, 0.6) is 0 Å². The molecular weight excluding hydrogens is 340 g/mol. The van der Waals surface area contributed by atoms with Gasteiger partial charge in [0, 0.05) is 52.5 Å². The van der Waals surface area contributed by atoms with Gasteiger partial charge in [-0.05, 0) is 31.7 Å². The van der Waals surface area contributed by atoms with Crippen molar-refractivity contribution in [3.63, 3.8) is 0 Å². The third kappa shape index (κ3) is 9.22. The summed E-state index contributed by atoms with van der Waals surface area (Å²) >= 11 is 0. The highest BCUT2D eigenvalue weighted by atomic mass is 16.5. The van der Waals surface area contributed by atoms with Gasteiger partial charge in [0.15, 0.2) is 5.96 Å². The first-order valence-corrected chi connectivity index (χ1v) is 10.2. The number of rotatable bonds is 11. The van der Waals surface area contributed by atoms with Gasteiger partial charge in [-0.2, -0.15) is 0 Å². The van der Waals surface area contributed by atoms with E-state index in [-0.39, 0.29) is 0 Å². The lowest BCUT2D eigenvalue weighted by molar-refractivity contribution is 0.0702. The number of aliphatic imine (C=N–C) groups is 1. The monoisotopic (exact) mass is 376 g/mol. The highest BCUT2D eigenvalue weighted by molar-refractivity contribution is 5.80. The van der Waals surface area contributed by atoms with Crippen LogP contribution in [0.15, 0.2) is 35.3 Å². The van der Waals surface area contributed by atoms with Crippen molar-refractivity contribution in [2.45, 2.75) is 38.8 Å². The molecule has 1 saturated heterocycles. The van der Waals surface area contributed by atoms with E-state index in [1.165, 1.54) is 5.56 Å². The fraction of sp³-hybridized carbons (Fsp3) is 0.667. The number of benzene rings is 1. The fourth-order valence-corrected chi connectivity index (χ4v) is 3.19. The van der Waals surface area contributed by atoms with E-state index in [0.717, 1.165) is 64.6 Å². The predicted octanol–water partition coefficient (Wildman–Crippen LogP) is 2.26. The normalized spacial score (nSPS) is 16.4. The molecule has 6 heteroatoms. The minimum atomic E-state index is 0.493. The number of hydrogen-bond donors (Lipinski definition) is 2. The van der Waals surface area contributed by atoms with Gasteiger partial charge in [-0.1, -0.05) is 30.3 Å². The molecule has 0 aromatic heterocycles. The zero-order chi connectivity index (χ0) is 19.2. The third-order valence-corrected chi connectivity index (χ3v) is 4.67. The smallest absolute Gasteiger partial charge is 0.191 e. The van der Waals surface area contributed by atoms with E-state index in [9.17, 15) is 0 Å². The summed E-state index contributed by atoms with van der Waals surface area (Å²) in [6.45, 7) is 9.08. The second-order valence-electron chi connectivity index (χ2n) is 6.90. The Morgan fingerprint density at radius 2 is 1.93 bits per heavy atom. The van der Waals surface area contributed by atoms with Crippen LogP contribution >= 0.6 is 0 Å². The van der Waals surface area contributed by atoms with Crippen molar-refractivity contribution in [2.75, 3.05) is 53.1 Å². The maximum Gasteiger partial charge on any atom is 0.191 e. The molecular formula is C21H36N4O2. The first-order valence-electron chi connectivity index (χ1n) is 10.2. The van der Waals surface area contributed by atoms with Gasteiger partial charge in [0.25, 0.3) is 0 Å². The molecule has 0 bridgehead atoms. The Balaban J connectivity index is 1.66. The molecule has 27 heavy (non-hydrogen) atoms. The summed E-state index contributed by atoms with van der Waals surface area (Å²) in [5, 5.41) is 6.96. The fourth-order valence-electron chi connectivity index (χ4n) is 3.19. The molecule has 0 saturated carbocycles. The molecule has 0 atom stereocenters. The summed E-state index contributed by atoms with van der Waals surface area (Å²) in [4.78, 5) is 7.22. The molecule has 2 N–H and O–H groups in total. The highest BCUT2D eigenvalue weighted by Gasteiger charge is 2.19. The SMILES string of the molecule is CCNC(=NCCCOCCOC)NC1CCN(Cc2ccccc2)CC1. The Labute approximate surface area is 164 Å². The van der Waals surface area contributed by atoms with Crippen molar-refractivity contribution in [3.05, 3.63) is 35.9 Å². The predicted molar refractivity (Wildman–Crippen MR) is 111 cm³/mol. The average molecular weight is 377 g/mol. The van der Waals surface area contributed by atoms with E-state index in [4.69, 9.17) is 9.47 Å². The summed E-state index contributed by atoms with van der Waals surface area (Å²) in [5.41, 5.74) is 1.39. The van der Waals surface area contributed by atoms with E-state index < -0.39 is 0 Å².